The standard InChI is InChI=1S/C13H17N5O2/c1-8(2)20-13-17-11(14)16-12(18-13)15-9-6-4-5-7-10(9)19-3/h4-8H,1-3H3,(H3,14,15,16,17,18). The van der Waals surface area contributed by atoms with Crippen molar-refractivity contribution in [2.75, 3.05) is 18.2 Å². The van der Waals surface area contributed by atoms with Crippen LogP contribution in [0.4, 0.5) is 17.6 Å². The predicted molar refractivity (Wildman–Crippen MR) is 76.3 cm³/mol. The molecule has 0 aliphatic heterocycles. The molecule has 106 valence electrons. The number of benzene rings is 1. The third-order valence-corrected chi connectivity index (χ3v) is 2.33. The molecule has 7 nitrogen and oxygen atoms in total. The number of ether oxygens (including phenoxy) is 2. The van der Waals surface area contributed by atoms with Crippen LogP contribution in [0.1, 0.15) is 13.8 Å². The summed E-state index contributed by atoms with van der Waals surface area (Å²) in [4.78, 5) is 12.1. The molecule has 2 aromatic rings. The van der Waals surface area contributed by atoms with Crippen LogP contribution < -0.4 is 20.5 Å². The van der Waals surface area contributed by atoms with Gasteiger partial charge in [0.1, 0.15) is 5.75 Å². The minimum Gasteiger partial charge on any atom is -0.495 e. The average Bonchev–Trinajstić information content (AvgIpc) is 2.37. The van der Waals surface area contributed by atoms with Gasteiger partial charge in [0.2, 0.25) is 11.9 Å². The number of nitrogens with two attached hydrogens (primary N) is 1. The number of nitrogens with one attached hydrogen (secondary N) is 1. The minimum atomic E-state index is -0.0455. The quantitative estimate of drug-likeness (QED) is 0.861. The van der Waals surface area contributed by atoms with E-state index in [-0.39, 0.29) is 18.1 Å². The maximum Gasteiger partial charge on any atom is 0.323 e. The third-order valence-electron chi connectivity index (χ3n) is 2.33. The fourth-order valence-electron chi connectivity index (χ4n) is 1.56. The largest absolute Gasteiger partial charge is 0.495 e. The predicted octanol–water partition coefficient (Wildman–Crippen LogP) is 1.99. The van der Waals surface area contributed by atoms with Gasteiger partial charge in [-0.2, -0.15) is 15.0 Å². The molecule has 0 aliphatic rings. The zero-order valence-corrected chi connectivity index (χ0v) is 11.6. The summed E-state index contributed by atoms with van der Waals surface area (Å²) in [5, 5.41) is 3.03. The fourth-order valence-corrected chi connectivity index (χ4v) is 1.56. The van der Waals surface area contributed by atoms with Crippen molar-refractivity contribution in [1.82, 2.24) is 15.0 Å². The molecular weight excluding hydrogens is 258 g/mol. The molecule has 0 saturated heterocycles. The molecule has 0 spiro atoms. The molecule has 0 atom stereocenters. The van der Waals surface area contributed by atoms with Crippen LogP contribution in [-0.4, -0.2) is 28.2 Å². The zero-order chi connectivity index (χ0) is 14.5. The summed E-state index contributed by atoms with van der Waals surface area (Å²) in [5.74, 6) is 1.07. The van der Waals surface area contributed by atoms with Crippen molar-refractivity contribution in [3.05, 3.63) is 24.3 Å². The average molecular weight is 275 g/mol. The molecule has 1 heterocycles. The van der Waals surface area contributed by atoms with Crippen molar-refractivity contribution in [3.63, 3.8) is 0 Å². The number of hydrogen-bond donors (Lipinski definition) is 2. The highest BCUT2D eigenvalue weighted by Gasteiger charge is 2.09. The number of nitrogens with zero attached hydrogens (tertiary/aromatic N) is 3. The van der Waals surface area contributed by atoms with E-state index in [9.17, 15) is 0 Å². The molecular formula is C13H17N5O2. The Morgan fingerprint density at radius 1 is 1.15 bits per heavy atom. The topological polar surface area (TPSA) is 95.2 Å². The first-order valence-corrected chi connectivity index (χ1v) is 6.16. The summed E-state index contributed by atoms with van der Waals surface area (Å²) in [6.45, 7) is 3.76. The van der Waals surface area contributed by atoms with Gasteiger partial charge in [-0.25, -0.2) is 0 Å². The fraction of sp³-hybridized carbons (Fsp3) is 0.308. The van der Waals surface area contributed by atoms with Crippen LogP contribution in [0.3, 0.4) is 0 Å². The van der Waals surface area contributed by atoms with Crippen molar-refractivity contribution in [3.8, 4) is 11.8 Å². The lowest BCUT2D eigenvalue weighted by Crippen LogP contribution is -2.12. The van der Waals surface area contributed by atoms with Gasteiger partial charge in [0.05, 0.1) is 18.9 Å². The van der Waals surface area contributed by atoms with Crippen molar-refractivity contribution >= 4 is 17.6 Å². The van der Waals surface area contributed by atoms with Crippen LogP contribution in [0, 0.1) is 0 Å². The molecule has 1 aromatic heterocycles. The van der Waals surface area contributed by atoms with Crippen LogP contribution in [0.2, 0.25) is 0 Å². The molecule has 0 radical (unpaired) electrons. The van der Waals surface area contributed by atoms with E-state index >= 15 is 0 Å². The number of rotatable bonds is 5. The number of nitrogen functional groups attached to an aromatic ring is 1. The van der Waals surface area contributed by atoms with Gasteiger partial charge >= 0.3 is 6.01 Å². The van der Waals surface area contributed by atoms with Gasteiger partial charge in [-0.05, 0) is 26.0 Å². The molecule has 0 bridgehead atoms. The molecule has 3 N–H and O–H groups in total. The van der Waals surface area contributed by atoms with Gasteiger partial charge in [0, 0.05) is 0 Å². The Bertz CT molecular complexity index is 589. The van der Waals surface area contributed by atoms with E-state index in [1.165, 1.54) is 0 Å². The Morgan fingerprint density at radius 3 is 2.60 bits per heavy atom. The summed E-state index contributed by atoms with van der Waals surface area (Å²) in [6.07, 6.45) is -0.0455. The van der Waals surface area contributed by atoms with Crippen molar-refractivity contribution in [1.29, 1.82) is 0 Å². The van der Waals surface area contributed by atoms with Crippen LogP contribution >= 0.6 is 0 Å². The van der Waals surface area contributed by atoms with Crippen LogP contribution in [0.15, 0.2) is 24.3 Å². The lowest BCUT2D eigenvalue weighted by molar-refractivity contribution is 0.222. The molecule has 0 fully saturated rings. The Morgan fingerprint density at radius 2 is 1.90 bits per heavy atom. The third kappa shape index (κ3) is 3.47. The van der Waals surface area contributed by atoms with E-state index in [2.05, 4.69) is 20.3 Å². The smallest absolute Gasteiger partial charge is 0.323 e. The first-order valence-electron chi connectivity index (χ1n) is 6.16. The maximum atomic E-state index is 5.65. The Balaban J connectivity index is 2.26. The molecule has 2 rings (SSSR count). The highest BCUT2D eigenvalue weighted by Crippen LogP contribution is 2.26. The normalized spacial score (nSPS) is 10.4. The highest BCUT2D eigenvalue weighted by atomic mass is 16.5. The van der Waals surface area contributed by atoms with E-state index in [4.69, 9.17) is 15.2 Å². The molecule has 1 aromatic carbocycles. The molecule has 0 saturated carbocycles. The molecule has 0 amide bonds. The first-order chi connectivity index (χ1) is 9.58. The van der Waals surface area contributed by atoms with Crippen molar-refractivity contribution in [2.45, 2.75) is 20.0 Å². The number of hydrogen-bond acceptors (Lipinski definition) is 7. The number of methoxy groups -OCH3 is 1. The second kappa shape index (κ2) is 6.05. The van der Waals surface area contributed by atoms with Crippen molar-refractivity contribution in [2.24, 2.45) is 0 Å². The summed E-state index contributed by atoms with van der Waals surface area (Å²) >= 11 is 0. The Labute approximate surface area is 117 Å². The van der Waals surface area contributed by atoms with E-state index in [1.54, 1.807) is 7.11 Å². The summed E-state index contributed by atoms with van der Waals surface area (Å²) in [7, 11) is 1.59. The second-order valence-electron chi connectivity index (χ2n) is 4.29. The molecule has 20 heavy (non-hydrogen) atoms. The van der Waals surface area contributed by atoms with Crippen LogP contribution in [0.5, 0.6) is 11.8 Å². The van der Waals surface area contributed by atoms with Crippen LogP contribution in [0.25, 0.3) is 0 Å². The lowest BCUT2D eigenvalue weighted by atomic mass is 10.3. The van der Waals surface area contributed by atoms with E-state index in [0.717, 1.165) is 5.69 Å². The summed E-state index contributed by atoms with van der Waals surface area (Å²) in [5.41, 5.74) is 6.38. The van der Waals surface area contributed by atoms with Gasteiger partial charge in [0.25, 0.3) is 0 Å². The Hall–Kier alpha value is -2.57. The number of anilines is 3. The first kappa shape index (κ1) is 13.9. The lowest BCUT2D eigenvalue weighted by Gasteiger charge is -2.11. The van der Waals surface area contributed by atoms with Crippen LogP contribution in [-0.2, 0) is 0 Å². The molecule has 0 unspecified atom stereocenters. The highest BCUT2D eigenvalue weighted by molar-refractivity contribution is 5.62. The SMILES string of the molecule is COc1ccccc1Nc1nc(N)nc(OC(C)C)n1. The number of para-hydroxylation sites is 2. The van der Waals surface area contributed by atoms with Gasteiger partial charge in [-0.3, -0.25) is 0 Å². The van der Waals surface area contributed by atoms with Gasteiger partial charge in [-0.15, -0.1) is 0 Å². The molecule has 7 heteroatoms. The minimum absolute atomic E-state index is 0.0455. The van der Waals surface area contributed by atoms with Crippen molar-refractivity contribution < 1.29 is 9.47 Å². The van der Waals surface area contributed by atoms with E-state index in [1.807, 2.05) is 38.1 Å². The number of aromatic nitrogens is 3. The maximum absolute atomic E-state index is 5.65. The summed E-state index contributed by atoms with van der Waals surface area (Å²) < 4.78 is 10.7. The Kier molecular flexibility index (Phi) is 4.19. The second-order valence-corrected chi connectivity index (χ2v) is 4.29. The monoisotopic (exact) mass is 275 g/mol. The van der Waals surface area contributed by atoms with E-state index < -0.39 is 0 Å². The summed E-state index contributed by atoms with van der Waals surface area (Å²) in [6, 6.07) is 7.62. The van der Waals surface area contributed by atoms with Gasteiger partial charge < -0.3 is 20.5 Å². The zero-order valence-electron chi connectivity index (χ0n) is 11.6. The molecule has 0 aliphatic carbocycles. The van der Waals surface area contributed by atoms with Gasteiger partial charge in [-0.1, -0.05) is 12.1 Å². The van der Waals surface area contributed by atoms with Gasteiger partial charge in [0.15, 0.2) is 0 Å². The van der Waals surface area contributed by atoms with E-state index in [0.29, 0.717) is 11.7 Å².